The summed E-state index contributed by atoms with van der Waals surface area (Å²) in [5.74, 6) is 2.33. The lowest BCUT2D eigenvalue weighted by Crippen LogP contribution is -2.33. The molecule has 1 saturated heterocycles. The highest BCUT2D eigenvalue weighted by Crippen LogP contribution is 2.33. The minimum atomic E-state index is -0.130. The van der Waals surface area contributed by atoms with Crippen LogP contribution in [-0.2, 0) is 0 Å². The number of carbonyl (C=O) groups excluding carboxylic acids is 1. The van der Waals surface area contributed by atoms with Crippen LogP contribution in [0.15, 0.2) is 66.9 Å². The molecular weight excluding hydrogens is 418 g/mol. The van der Waals surface area contributed by atoms with Crippen LogP contribution in [0.25, 0.3) is 22.6 Å². The van der Waals surface area contributed by atoms with Crippen molar-refractivity contribution in [1.29, 1.82) is 0 Å². The van der Waals surface area contributed by atoms with Crippen molar-refractivity contribution >= 4 is 22.9 Å². The number of benzene rings is 2. The molecule has 168 valence electrons. The SMILES string of the molecule is COc1ccc(-c2nc3cccnc3n2C2CCN(C(=O)Nc3cccc(OC)c3)C2)cc1. The Hall–Kier alpha value is -4.07. The number of amides is 2. The molecule has 0 spiro atoms. The van der Waals surface area contributed by atoms with Gasteiger partial charge in [0.2, 0.25) is 0 Å². The number of rotatable bonds is 5. The van der Waals surface area contributed by atoms with Crippen molar-refractivity contribution in [2.75, 3.05) is 32.6 Å². The van der Waals surface area contributed by atoms with Crippen LogP contribution in [0.3, 0.4) is 0 Å². The highest BCUT2D eigenvalue weighted by molar-refractivity contribution is 5.89. The van der Waals surface area contributed by atoms with Gasteiger partial charge in [0.15, 0.2) is 5.65 Å². The van der Waals surface area contributed by atoms with E-state index in [1.165, 1.54) is 0 Å². The Morgan fingerprint density at radius 3 is 2.64 bits per heavy atom. The van der Waals surface area contributed by atoms with Gasteiger partial charge >= 0.3 is 6.03 Å². The number of nitrogens with zero attached hydrogens (tertiary/aromatic N) is 4. The van der Waals surface area contributed by atoms with E-state index < -0.39 is 0 Å². The Bertz CT molecular complexity index is 1280. The third-order valence-electron chi connectivity index (χ3n) is 5.93. The second-order valence-corrected chi connectivity index (χ2v) is 7.93. The number of fused-ring (bicyclic) bond motifs is 1. The van der Waals surface area contributed by atoms with Crippen LogP contribution in [0.1, 0.15) is 12.5 Å². The average Bonchev–Trinajstić information content (AvgIpc) is 3.49. The lowest BCUT2D eigenvalue weighted by molar-refractivity contribution is 0.221. The molecule has 1 N–H and O–H groups in total. The Balaban J connectivity index is 1.41. The Labute approximate surface area is 191 Å². The summed E-state index contributed by atoms with van der Waals surface area (Å²) in [6.45, 7) is 1.22. The summed E-state index contributed by atoms with van der Waals surface area (Å²) in [5, 5.41) is 2.97. The average molecular weight is 444 g/mol. The molecule has 8 nitrogen and oxygen atoms in total. The molecule has 0 aliphatic carbocycles. The van der Waals surface area contributed by atoms with Gasteiger partial charge in [0.1, 0.15) is 22.8 Å². The Morgan fingerprint density at radius 1 is 1.03 bits per heavy atom. The molecule has 1 unspecified atom stereocenters. The lowest BCUT2D eigenvalue weighted by atomic mass is 10.2. The van der Waals surface area contributed by atoms with Gasteiger partial charge in [0.05, 0.1) is 20.3 Å². The number of nitrogens with one attached hydrogen (secondary N) is 1. The van der Waals surface area contributed by atoms with Gasteiger partial charge in [-0.05, 0) is 55.0 Å². The summed E-state index contributed by atoms with van der Waals surface area (Å²) in [6, 6.07) is 19.0. The van der Waals surface area contributed by atoms with Crippen molar-refractivity contribution < 1.29 is 14.3 Å². The zero-order valence-corrected chi connectivity index (χ0v) is 18.6. The summed E-state index contributed by atoms with van der Waals surface area (Å²) in [5.41, 5.74) is 3.34. The smallest absolute Gasteiger partial charge is 0.321 e. The van der Waals surface area contributed by atoms with Gasteiger partial charge in [-0.2, -0.15) is 0 Å². The second-order valence-electron chi connectivity index (χ2n) is 7.93. The topological polar surface area (TPSA) is 81.5 Å². The van der Waals surface area contributed by atoms with E-state index in [0.717, 1.165) is 34.7 Å². The van der Waals surface area contributed by atoms with E-state index >= 15 is 0 Å². The number of hydrogen-bond acceptors (Lipinski definition) is 5. The Morgan fingerprint density at radius 2 is 1.85 bits per heavy atom. The van der Waals surface area contributed by atoms with E-state index in [0.29, 0.717) is 24.5 Å². The molecule has 2 aromatic heterocycles. The number of anilines is 1. The van der Waals surface area contributed by atoms with Crippen LogP contribution in [-0.4, -0.2) is 52.8 Å². The zero-order valence-electron chi connectivity index (χ0n) is 18.6. The summed E-state index contributed by atoms with van der Waals surface area (Å²) in [4.78, 5) is 24.2. The number of ether oxygens (including phenoxy) is 2. The van der Waals surface area contributed by atoms with Crippen LogP contribution in [0.4, 0.5) is 10.5 Å². The molecule has 1 fully saturated rings. The van der Waals surface area contributed by atoms with Crippen LogP contribution < -0.4 is 14.8 Å². The first kappa shape index (κ1) is 20.8. The molecule has 3 heterocycles. The fraction of sp³-hybridized carbons (Fsp3) is 0.240. The Kier molecular flexibility index (Phi) is 5.56. The maximum absolute atomic E-state index is 12.9. The molecule has 0 radical (unpaired) electrons. The zero-order chi connectivity index (χ0) is 22.8. The van der Waals surface area contributed by atoms with Gasteiger partial charge in [0, 0.05) is 36.6 Å². The summed E-state index contributed by atoms with van der Waals surface area (Å²) < 4.78 is 12.7. The first-order valence-electron chi connectivity index (χ1n) is 10.8. The van der Waals surface area contributed by atoms with Crippen molar-refractivity contribution in [3.63, 3.8) is 0 Å². The normalized spacial score (nSPS) is 15.6. The third-order valence-corrected chi connectivity index (χ3v) is 5.93. The molecule has 2 aromatic carbocycles. The van der Waals surface area contributed by atoms with Gasteiger partial charge < -0.3 is 24.3 Å². The van der Waals surface area contributed by atoms with Crippen molar-refractivity contribution in [2.24, 2.45) is 0 Å². The number of aromatic nitrogens is 3. The van der Waals surface area contributed by atoms with E-state index in [4.69, 9.17) is 14.5 Å². The number of carbonyl (C=O) groups is 1. The quantitative estimate of drug-likeness (QED) is 0.488. The molecule has 1 aliphatic rings. The van der Waals surface area contributed by atoms with Gasteiger partial charge in [-0.1, -0.05) is 6.07 Å². The molecular formula is C25H25N5O3. The summed E-state index contributed by atoms with van der Waals surface area (Å²) in [7, 11) is 3.26. The minimum Gasteiger partial charge on any atom is -0.497 e. The van der Waals surface area contributed by atoms with E-state index in [2.05, 4.69) is 14.9 Å². The number of likely N-dealkylation sites (tertiary alicyclic amines) is 1. The standard InChI is InChI=1S/C25H25N5O3/c1-32-20-10-8-17(9-11-20)23-28-22-7-4-13-26-24(22)30(23)19-12-14-29(16-19)25(31)27-18-5-3-6-21(15-18)33-2/h3-11,13,15,19H,12,14,16H2,1-2H3,(H,27,31). The van der Waals surface area contributed by atoms with Crippen LogP contribution in [0, 0.1) is 0 Å². The molecule has 1 aliphatic heterocycles. The van der Waals surface area contributed by atoms with E-state index in [9.17, 15) is 4.79 Å². The maximum atomic E-state index is 12.9. The van der Waals surface area contributed by atoms with E-state index in [-0.39, 0.29) is 12.1 Å². The summed E-state index contributed by atoms with van der Waals surface area (Å²) in [6.07, 6.45) is 2.59. The van der Waals surface area contributed by atoms with Gasteiger partial charge in [-0.3, -0.25) is 0 Å². The van der Waals surface area contributed by atoms with Crippen molar-refractivity contribution in [3.8, 4) is 22.9 Å². The first-order chi connectivity index (χ1) is 16.2. The first-order valence-corrected chi connectivity index (χ1v) is 10.8. The predicted octanol–water partition coefficient (Wildman–Crippen LogP) is 4.59. The number of imidazole rings is 1. The molecule has 2 amide bonds. The van der Waals surface area contributed by atoms with Crippen molar-refractivity contribution in [1.82, 2.24) is 19.4 Å². The number of pyridine rings is 1. The van der Waals surface area contributed by atoms with E-state index in [1.807, 2.05) is 59.5 Å². The van der Waals surface area contributed by atoms with Gasteiger partial charge in [-0.15, -0.1) is 0 Å². The molecule has 5 rings (SSSR count). The predicted molar refractivity (Wildman–Crippen MR) is 127 cm³/mol. The number of hydrogen-bond donors (Lipinski definition) is 1. The minimum absolute atomic E-state index is 0.0676. The highest BCUT2D eigenvalue weighted by Gasteiger charge is 2.31. The maximum Gasteiger partial charge on any atom is 0.321 e. The molecule has 4 aromatic rings. The largest absolute Gasteiger partial charge is 0.497 e. The molecule has 33 heavy (non-hydrogen) atoms. The summed E-state index contributed by atoms with van der Waals surface area (Å²) >= 11 is 0. The second kappa shape index (κ2) is 8.82. The number of methoxy groups -OCH3 is 2. The van der Waals surface area contributed by atoms with Gasteiger partial charge in [-0.25, -0.2) is 14.8 Å². The monoisotopic (exact) mass is 443 g/mol. The van der Waals surface area contributed by atoms with Crippen LogP contribution in [0.2, 0.25) is 0 Å². The fourth-order valence-electron chi connectivity index (χ4n) is 4.26. The van der Waals surface area contributed by atoms with Crippen molar-refractivity contribution in [3.05, 3.63) is 66.9 Å². The van der Waals surface area contributed by atoms with Crippen LogP contribution in [0.5, 0.6) is 11.5 Å². The molecule has 0 bridgehead atoms. The van der Waals surface area contributed by atoms with E-state index in [1.54, 1.807) is 26.5 Å². The fourth-order valence-corrected chi connectivity index (χ4v) is 4.26. The van der Waals surface area contributed by atoms with Crippen LogP contribution >= 0.6 is 0 Å². The molecule has 0 saturated carbocycles. The molecule has 8 heteroatoms. The molecule has 1 atom stereocenters. The van der Waals surface area contributed by atoms with Gasteiger partial charge in [0.25, 0.3) is 0 Å². The third kappa shape index (κ3) is 4.07. The highest BCUT2D eigenvalue weighted by atomic mass is 16.5. The lowest BCUT2D eigenvalue weighted by Gasteiger charge is -2.19. The van der Waals surface area contributed by atoms with Crippen molar-refractivity contribution in [2.45, 2.75) is 12.5 Å². The number of urea groups is 1.